The van der Waals surface area contributed by atoms with E-state index in [-0.39, 0.29) is 5.75 Å². The van der Waals surface area contributed by atoms with E-state index in [1.54, 1.807) is 12.1 Å². The summed E-state index contributed by atoms with van der Waals surface area (Å²) < 4.78 is 1.87. The normalized spacial score (nSPS) is 16.0. The van der Waals surface area contributed by atoms with Gasteiger partial charge in [0, 0.05) is 17.7 Å². The Kier molecular flexibility index (Phi) is 4.46. The molecule has 1 aromatic carbocycles. The Morgan fingerprint density at radius 1 is 1.17 bits per heavy atom. The van der Waals surface area contributed by atoms with Gasteiger partial charge in [0.25, 0.3) is 0 Å². The van der Waals surface area contributed by atoms with E-state index in [1.807, 2.05) is 22.9 Å². The van der Waals surface area contributed by atoms with Crippen molar-refractivity contribution in [2.45, 2.75) is 38.0 Å². The van der Waals surface area contributed by atoms with E-state index in [2.05, 4.69) is 5.10 Å². The zero-order valence-electron chi connectivity index (χ0n) is 12.9. The standard InChI is InChI=1S/C18H20N2O3/c21-16-9-7-15(8-10-16)20-17(13-4-2-1-3-5-13)12-14(19-20)6-11-18(22)23/h6-13,21H,1-5H2,(H,22,23). The van der Waals surface area contributed by atoms with Crippen LogP contribution < -0.4 is 0 Å². The van der Waals surface area contributed by atoms with Gasteiger partial charge in [-0.3, -0.25) is 0 Å². The molecule has 2 aromatic rings. The Balaban J connectivity index is 2.00. The summed E-state index contributed by atoms with van der Waals surface area (Å²) in [6, 6.07) is 8.88. The summed E-state index contributed by atoms with van der Waals surface area (Å²) in [6.07, 6.45) is 8.59. The summed E-state index contributed by atoms with van der Waals surface area (Å²) in [5.74, 6) is -0.327. The van der Waals surface area contributed by atoms with Gasteiger partial charge in [-0.25, -0.2) is 9.48 Å². The molecule has 0 saturated heterocycles. The van der Waals surface area contributed by atoms with E-state index >= 15 is 0 Å². The maximum Gasteiger partial charge on any atom is 0.328 e. The van der Waals surface area contributed by atoms with Gasteiger partial charge < -0.3 is 10.2 Å². The Hall–Kier alpha value is -2.56. The molecule has 1 aromatic heterocycles. The lowest BCUT2D eigenvalue weighted by atomic mass is 9.86. The maximum absolute atomic E-state index is 10.7. The molecule has 5 heteroatoms. The van der Waals surface area contributed by atoms with Gasteiger partial charge in [0.05, 0.1) is 11.4 Å². The first-order valence-electron chi connectivity index (χ1n) is 7.94. The Morgan fingerprint density at radius 3 is 2.52 bits per heavy atom. The SMILES string of the molecule is O=C(O)C=Cc1cc(C2CCCCC2)n(-c2ccc(O)cc2)n1. The van der Waals surface area contributed by atoms with Crippen molar-refractivity contribution in [2.24, 2.45) is 0 Å². The van der Waals surface area contributed by atoms with Gasteiger partial charge in [-0.05, 0) is 49.2 Å². The van der Waals surface area contributed by atoms with Crippen molar-refractivity contribution >= 4 is 12.0 Å². The minimum absolute atomic E-state index is 0.214. The van der Waals surface area contributed by atoms with Crippen LogP contribution in [0.25, 0.3) is 11.8 Å². The highest BCUT2D eigenvalue weighted by Crippen LogP contribution is 2.34. The van der Waals surface area contributed by atoms with Crippen LogP contribution in [0.1, 0.15) is 49.4 Å². The highest BCUT2D eigenvalue weighted by molar-refractivity contribution is 5.84. The average molecular weight is 312 g/mol. The number of hydrogen-bond donors (Lipinski definition) is 2. The lowest BCUT2D eigenvalue weighted by molar-refractivity contribution is -0.131. The summed E-state index contributed by atoms with van der Waals surface area (Å²) in [5.41, 5.74) is 2.62. The van der Waals surface area contributed by atoms with Crippen LogP contribution in [0.4, 0.5) is 0 Å². The van der Waals surface area contributed by atoms with Crippen molar-refractivity contribution in [3.05, 3.63) is 47.8 Å². The van der Waals surface area contributed by atoms with E-state index in [9.17, 15) is 9.90 Å². The first-order chi connectivity index (χ1) is 11.1. The lowest BCUT2D eigenvalue weighted by Gasteiger charge is -2.22. The van der Waals surface area contributed by atoms with Gasteiger partial charge >= 0.3 is 5.97 Å². The van der Waals surface area contributed by atoms with Crippen molar-refractivity contribution in [3.8, 4) is 11.4 Å². The number of phenolic OH excluding ortho intramolecular Hbond substituents is 1. The number of aliphatic carboxylic acids is 1. The second-order valence-electron chi connectivity index (χ2n) is 5.93. The van der Waals surface area contributed by atoms with Crippen LogP contribution in [0.2, 0.25) is 0 Å². The number of benzene rings is 1. The van der Waals surface area contributed by atoms with Gasteiger partial charge in [0.1, 0.15) is 5.75 Å². The van der Waals surface area contributed by atoms with Crippen molar-refractivity contribution < 1.29 is 15.0 Å². The number of hydrogen-bond acceptors (Lipinski definition) is 3. The molecular weight excluding hydrogens is 292 g/mol. The second kappa shape index (κ2) is 6.69. The van der Waals surface area contributed by atoms with Crippen LogP contribution in [0.15, 0.2) is 36.4 Å². The molecule has 0 spiro atoms. The largest absolute Gasteiger partial charge is 0.508 e. The summed E-state index contributed by atoms with van der Waals surface area (Å²) in [4.78, 5) is 10.7. The quantitative estimate of drug-likeness (QED) is 0.844. The average Bonchev–Trinajstić information content (AvgIpc) is 2.99. The third kappa shape index (κ3) is 3.62. The molecule has 1 aliphatic carbocycles. The molecule has 23 heavy (non-hydrogen) atoms. The Morgan fingerprint density at radius 2 is 1.87 bits per heavy atom. The minimum Gasteiger partial charge on any atom is -0.508 e. The molecular formula is C18H20N2O3. The topological polar surface area (TPSA) is 75.3 Å². The number of aromatic hydroxyl groups is 1. The maximum atomic E-state index is 10.7. The van der Waals surface area contributed by atoms with E-state index in [4.69, 9.17) is 5.11 Å². The number of nitrogens with zero attached hydrogens (tertiary/aromatic N) is 2. The molecule has 0 aliphatic heterocycles. The Labute approximate surface area is 134 Å². The number of carbonyl (C=O) groups is 1. The molecule has 5 nitrogen and oxygen atoms in total. The molecule has 1 saturated carbocycles. The zero-order valence-corrected chi connectivity index (χ0v) is 12.9. The number of phenols is 1. The molecule has 1 heterocycles. The van der Waals surface area contributed by atoms with Crippen LogP contribution in [0, 0.1) is 0 Å². The second-order valence-corrected chi connectivity index (χ2v) is 5.93. The number of aromatic nitrogens is 2. The van der Waals surface area contributed by atoms with Gasteiger partial charge in [-0.1, -0.05) is 19.3 Å². The number of carboxylic acid groups (broad SMARTS) is 1. The van der Waals surface area contributed by atoms with Gasteiger partial charge in [0.2, 0.25) is 0 Å². The molecule has 0 atom stereocenters. The van der Waals surface area contributed by atoms with Crippen LogP contribution in [0.3, 0.4) is 0 Å². The fraction of sp³-hybridized carbons (Fsp3) is 0.333. The predicted molar refractivity (Wildman–Crippen MR) is 87.7 cm³/mol. The van der Waals surface area contributed by atoms with E-state index in [1.165, 1.54) is 25.3 Å². The van der Waals surface area contributed by atoms with Crippen LogP contribution in [-0.4, -0.2) is 26.0 Å². The zero-order chi connectivity index (χ0) is 16.2. The molecule has 0 unspecified atom stereocenters. The van der Waals surface area contributed by atoms with Gasteiger partial charge in [0.15, 0.2) is 0 Å². The highest BCUT2D eigenvalue weighted by atomic mass is 16.4. The minimum atomic E-state index is -0.983. The smallest absolute Gasteiger partial charge is 0.328 e. The van der Waals surface area contributed by atoms with Gasteiger partial charge in [-0.2, -0.15) is 5.10 Å². The van der Waals surface area contributed by atoms with Crippen molar-refractivity contribution in [2.75, 3.05) is 0 Å². The summed E-state index contributed by atoms with van der Waals surface area (Å²) in [7, 11) is 0. The number of rotatable bonds is 4. The van der Waals surface area contributed by atoms with E-state index in [0.717, 1.165) is 30.3 Å². The fourth-order valence-corrected chi connectivity index (χ4v) is 3.14. The summed E-state index contributed by atoms with van der Waals surface area (Å²) in [5, 5.41) is 22.8. The molecule has 0 bridgehead atoms. The van der Waals surface area contributed by atoms with Crippen molar-refractivity contribution in [1.82, 2.24) is 9.78 Å². The summed E-state index contributed by atoms with van der Waals surface area (Å²) in [6.45, 7) is 0. The van der Waals surface area contributed by atoms with Crippen LogP contribution in [-0.2, 0) is 4.79 Å². The van der Waals surface area contributed by atoms with Crippen molar-refractivity contribution in [3.63, 3.8) is 0 Å². The van der Waals surface area contributed by atoms with Crippen molar-refractivity contribution in [1.29, 1.82) is 0 Å². The van der Waals surface area contributed by atoms with E-state index < -0.39 is 5.97 Å². The van der Waals surface area contributed by atoms with Gasteiger partial charge in [-0.15, -0.1) is 0 Å². The molecule has 1 fully saturated rings. The molecule has 0 amide bonds. The first-order valence-corrected chi connectivity index (χ1v) is 7.94. The highest BCUT2D eigenvalue weighted by Gasteiger charge is 2.21. The molecule has 3 rings (SSSR count). The monoisotopic (exact) mass is 312 g/mol. The number of carboxylic acids is 1. The first kappa shape index (κ1) is 15.3. The Bertz CT molecular complexity index is 710. The molecule has 1 aliphatic rings. The predicted octanol–water partition coefficient (Wildman–Crippen LogP) is 3.72. The molecule has 0 radical (unpaired) electrons. The lowest BCUT2D eigenvalue weighted by Crippen LogP contribution is -2.10. The third-order valence-electron chi connectivity index (χ3n) is 4.27. The van der Waals surface area contributed by atoms with E-state index in [0.29, 0.717) is 11.6 Å². The molecule has 120 valence electrons. The molecule has 2 N–H and O–H groups in total. The van der Waals surface area contributed by atoms with Crippen LogP contribution >= 0.6 is 0 Å². The fourth-order valence-electron chi connectivity index (χ4n) is 3.14. The van der Waals surface area contributed by atoms with Crippen LogP contribution in [0.5, 0.6) is 5.75 Å². The third-order valence-corrected chi connectivity index (χ3v) is 4.27. The summed E-state index contributed by atoms with van der Waals surface area (Å²) >= 11 is 0.